The molecule has 45 heavy (non-hydrogen) atoms. The Labute approximate surface area is 256 Å². The van der Waals surface area contributed by atoms with E-state index in [4.69, 9.17) is 5.73 Å². The van der Waals surface area contributed by atoms with E-state index in [0.717, 1.165) is 27.4 Å². The predicted molar refractivity (Wildman–Crippen MR) is 165 cm³/mol. The lowest BCUT2D eigenvalue weighted by Crippen LogP contribution is -2.58. The number of imidazole rings is 1. The Morgan fingerprint density at radius 1 is 0.733 bits per heavy atom. The van der Waals surface area contributed by atoms with Crippen LogP contribution in [0.3, 0.4) is 0 Å². The number of carbonyl (C=O) groups excluding carboxylic acids is 3. The largest absolute Gasteiger partial charge is 0.480 e. The predicted octanol–water partition coefficient (Wildman–Crippen LogP) is 0.259. The first-order chi connectivity index (χ1) is 21.7. The number of nitrogens with one attached hydrogen (secondary N) is 6. The lowest BCUT2D eigenvalue weighted by Gasteiger charge is -2.24. The Balaban J connectivity index is 1.25. The summed E-state index contributed by atoms with van der Waals surface area (Å²) in [4.78, 5) is 64.7. The van der Waals surface area contributed by atoms with Gasteiger partial charge in [0.2, 0.25) is 17.7 Å². The maximum absolute atomic E-state index is 13.4. The van der Waals surface area contributed by atoms with Gasteiger partial charge in [0.1, 0.15) is 18.1 Å². The number of aliphatic hydroxyl groups excluding tert-OH is 1. The van der Waals surface area contributed by atoms with Crippen molar-refractivity contribution in [2.24, 2.45) is 5.73 Å². The van der Waals surface area contributed by atoms with Gasteiger partial charge in [0, 0.05) is 58.9 Å². The molecule has 5 rings (SSSR count). The molecule has 0 aliphatic rings. The Morgan fingerprint density at radius 3 is 1.87 bits per heavy atom. The number of amides is 3. The van der Waals surface area contributed by atoms with Crippen molar-refractivity contribution in [3.63, 3.8) is 0 Å². The number of carboxylic acid groups (broad SMARTS) is 1. The summed E-state index contributed by atoms with van der Waals surface area (Å²) < 4.78 is 0. The van der Waals surface area contributed by atoms with Gasteiger partial charge >= 0.3 is 5.97 Å². The van der Waals surface area contributed by atoms with Gasteiger partial charge in [0.05, 0.1) is 19.0 Å². The maximum atomic E-state index is 13.4. The molecule has 0 spiro atoms. The van der Waals surface area contributed by atoms with E-state index in [0.29, 0.717) is 11.3 Å². The fourth-order valence-corrected chi connectivity index (χ4v) is 5.19. The highest BCUT2D eigenvalue weighted by Crippen LogP contribution is 2.20. The molecule has 0 fully saturated rings. The summed E-state index contributed by atoms with van der Waals surface area (Å²) in [7, 11) is 0. The molecule has 2 aromatic carbocycles. The third-order valence-corrected chi connectivity index (χ3v) is 7.59. The van der Waals surface area contributed by atoms with Crippen LogP contribution in [0.2, 0.25) is 0 Å². The minimum atomic E-state index is -1.43. The summed E-state index contributed by atoms with van der Waals surface area (Å²) >= 11 is 0. The van der Waals surface area contributed by atoms with Crippen LogP contribution in [0.1, 0.15) is 16.8 Å². The summed E-state index contributed by atoms with van der Waals surface area (Å²) in [5, 5.41) is 29.1. The first kappa shape index (κ1) is 31.0. The van der Waals surface area contributed by atoms with Crippen molar-refractivity contribution in [1.82, 2.24) is 35.9 Å². The third kappa shape index (κ3) is 7.37. The van der Waals surface area contributed by atoms with Crippen LogP contribution in [0.4, 0.5) is 0 Å². The fourth-order valence-electron chi connectivity index (χ4n) is 5.19. The molecule has 0 radical (unpaired) electrons. The SMILES string of the molecule is N[C@@H](Cc1c[nH]c2ccccc12)C(=O)N[C@@H](CO)C(=O)N[C@@H](Cc1cnc[nH]1)C(=O)N[C@@H](Cc1c[nH]c2ccccc12)C(=O)O. The normalized spacial score (nSPS) is 14.0. The third-order valence-electron chi connectivity index (χ3n) is 7.59. The van der Waals surface area contributed by atoms with E-state index in [1.54, 1.807) is 12.4 Å². The Kier molecular flexibility index (Phi) is 9.55. The number of hydrogen-bond acceptors (Lipinski definition) is 7. The number of aliphatic carboxylic acids is 1. The standard InChI is InChI=1S/C31H34N8O6/c32-22(9-17-12-34-23-7-3-1-5-20(17)23)28(41)39-27(15-40)30(43)37-25(11-19-14-33-16-36-19)29(42)38-26(31(44)45)10-18-13-35-24-8-4-2-6-21(18)24/h1-8,12-14,16,22,25-27,34-35,40H,9-11,15,32H2,(H,33,36)(H,37,43)(H,38,42)(H,39,41)(H,44,45)/t22-,25-,26-,27-/m0/s1. The van der Waals surface area contributed by atoms with Crippen LogP contribution < -0.4 is 21.7 Å². The molecule has 10 N–H and O–H groups in total. The van der Waals surface area contributed by atoms with Crippen molar-refractivity contribution in [2.45, 2.75) is 43.4 Å². The summed E-state index contributed by atoms with van der Waals surface area (Å²) in [6.07, 6.45) is 6.40. The van der Waals surface area contributed by atoms with Gasteiger partial charge in [-0.15, -0.1) is 0 Å². The van der Waals surface area contributed by atoms with Gasteiger partial charge in [-0.05, 0) is 29.7 Å². The van der Waals surface area contributed by atoms with Crippen LogP contribution in [0.25, 0.3) is 21.8 Å². The number of H-pyrrole nitrogens is 3. The Morgan fingerprint density at radius 2 is 1.29 bits per heavy atom. The van der Waals surface area contributed by atoms with Gasteiger partial charge < -0.3 is 46.8 Å². The molecular formula is C31H34N8O6. The van der Waals surface area contributed by atoms with Gasteiger partial charge in [-0.3, -0.25) is 14.4 Å². The second-order valence-electron chi connectivity index (χ2n) is 10.7. The molecule has 0 saturated carbocycles. The van der Waals surface area contributed by atoms with E-state index in [2.05, 4.69) is 35.9 Å². The quantitative estimate of drug-likeness (QED) is 0.0840. The van der Waals surface area contributed by atoms with Crippen LogP contribution in [0.15, 0.2) is 73.4 Å². The number of aliphatic hydroxyl groups is 1. The number of aromatic amines is 3. The average Bonchev–Trinajstić information content (AvgIpc) is 3.80. The summed E-state index contributed by atoms with van der Waals surface area (Å²) in [5.74, 6) is -3.56. The Bertz CT molecular complexity index is 1800. The summed E-state index contributed by atoms with van der Waals surface area (Å²) in [5.41, 5.74) is 9.86. The number of fused-ring (bicyclic) bond motifs is 2. The van der Waals surface area contributed by atoms with Crippen LogP contribution in [0, 0.1) is 0 Å². The van der Waals surface area contributed by atoms with E-state index < -0.39 is 54.5 Å². The number of carboxylic acids is 1. The molecule has 0 aliphatic carbocycles. The average molecular weight is 615 g/mol. The number of rotatable bonds is 14. The van der Waals surface area contributed by atoms with E-state index in [-0.39, 0.29) is 19.3 Å². The molecule has 234 valence electrons. The second kappa shape index (κ2) is 13.9. The monoisotopic (exact) mass is 614 g/mol. The number of aromatic nitrogens is 4. The van der Waals surface area contributed by atoms with E-state index in [1.807, 2.05) is 48.5 Å². The smallest absolute Gasteiger partial charge is 0.326 e. The second-order valence-corrected chi connectivity index (χ2v) is 10.7. The number of hydrogen-bond donors (Lipinski definition) is 9. The highest BCUT2D eigenvalue weighted by molar-refractivity contribution is 5.95. The molecule has 0 aliphatic heterocycles. The van der Waals surface area contributed by atoms with Crippen molar-refractivity contribution < 1.29 is 29.4 Å². The molecule has 14 nitrogen and oxygen atoms in total. The van der Waals surface area contributed by atoms with Crippen molar-refractivity contribution in [3.05, 3.63) is 90.3 Å². The molecule has 4 atom stereocenters. The zero-order chi connectivity index (χ0) is 31.9. The first-order valence-corrected chi connectivity index (χ1v) is 14.3. The molecule has 0 saturated heterocycles. The number of benzene rings is 2. The lowest BCUT2D eigenvalue weighted by atomic mass is 10.0. The van der Waals surface area contributed by atoms with Gasteiger partial charge in [-0.25, -0.2) is 9.78 Å². The van der Waals surface area contributed by atoms with Crippen molar-refractivity contribution in [2.75, 3.05) is 6.61 Å². The molecule has 3 aromatic heterocycles. The highest BCUT2D eigenvalue weighted by atomic mass is 16.4. The zero-order valence-electron chi connectivity index (χ0n) is 24.1. The van der Waals surface area contributed by atoms with Crippen molar-refractivity contribution in [1.29, 1.82) is 0 Å². The molecule has 14 heteroatoms. The summed E-state index contributed by atoms with van der Waals surface area (Å²) in [6, 6.07) is 9.89. The van der Waals surface area contributed by atoms with Crippen molar-refractivity contribution >= 4 is 45.5 Å². The number of nitrogens with zero attached hydrogens (tertiary/aromatic N) is 1. The Hall–Kier alpha value is -5.47. The zero-order valence-corrected chi connectivity index (χ0v) is 24.1. The highest BCUT2D eigenvalue weighted by Gasteiger charge is 2.31. The van der Waals surface area contributed by atoms with Crippen LogP contribution >= 0.6 is 0 Å². The topological polar surface area (TPSA) is 231 Å². The van der Waals surface area contributed by atoms with Gasteiger partial charge in [-0.2, -0.15) is 0 Å². The molecule has 0 unspecified atom stereocenters. The van der Waals surface area contributed by atoms with E-state index in [9.17, 15) is 29.4 Å². The van der Waals surface area contributed by atoms with Gasteiger partial charge in [0.25, 0.3) is 0 Å². The maximum Gasteiger partial charge on any atom is 0.326 e. The fraction of sp³-hybridized carbons (Fsp3) is 0.258. The lowest BCUT2D eigenvalue weighted by molar-refractivity contribution is -0.142. The minimum absolute atomic E-state index is 0.0144. The van der Waals surface area contributed by atoms with Gasteiger partial charge in [-0.1, -0.05) is 36.4 Å². The van der Waals surface area contributed by atoms with E-state index in [1.165, 1.54) is 12.5 Å². The van der Waals surface area contributed by atoms with Crippen LogP contribution in [0.5, 0.6) is 0 Å². The van der Waals surface area contributed by atoms with Crippen molar-refractivity contribution in [3.8, 4) is 0 Å². The molecule has 3 heterocycles. The first-order valence-electron chi connectivity index (χ1n) is 14.3. The summed E-state index contributed by atoms with van der Waals surface area (Å²) in [6.45, 7) is -0.770. The molecule has 5 aromatic rings. The van der Waals surface area contributed by atoms with Crippen LogP contribution in [-0.2, 0) is 38.4 Å². The van der Waals surface area contributed by atoms with Crippen LogP contribution in [-0.4, -0.2) is 84.6 Å². The number of nitrogens with two attached hydrogens (primary N) is 1. The molecular weight excluding hydrogens is 580 g/mol. The molecule has 0 bridgehead atoms. The van der Waals surface area contributed by atoms with E-state index >= 15 is 0 Å². The molecule has 3 amide bonds. The number of para-hydroxylation sites is 2. The number of carbonyl (C=O) groups is 4. The minimum Gasteiger partial charge on any atom is -0.480 e. The van der Waals surface area contributed by atoms with Gasteiger partial charge in [0.15, 0.2) is 0 Å².